The molecule has 2 N–H and O–H groups in total. The molecule has 2 aliphatic rings. The molecule has 0 spiro atoms. The molecule has 0 aliphatic carbocycles. The molecule has 2 fully saturated rings. The summed E-state index contributed by atoms with van der Waals surface area (Å²) >= 11 is 0. The fourth-order valence-electron chi connectivity index (χ4n) is 4.07. The van der Waals surface area contributed by atoms with Gasteiger partial charge in [-0.25, -0.2) is 4.99 Å². The number of likely N-dealkylation sites (tertiary alicyclic amines) is 1. The zero-order valence-corrected chi connectivity index (χ0v) is 18.2. The molecule has 2 aliphatic heterocycles. The van der Waals surface area contributed by atoms with E-state index in [2.05, 4.69) is 53.6 Å². The summed E-state index contributed by atoms with van der Waals surface area (Å²) in [6.07, 6.45) is 4.93. The third kappa shape index (κ3) is 7.28. The number of nitrogens with one attached hydrogen (secondary N) is 2. The minimum atomic E-state index is 0.338. The van der Waals surface area contributed by atoms with Crippen molar-refractivity contribution in [1.82, 2.24) is 15.5 Å². The van der Waals surface area contributed by atoms with Crippen molar-refractivity contribution in [2.75, 3.05) is 39.4 Å². The summed E-state index contributed by atoms with van der Waals surface area (Å²) in [7, 11) is 0. The van der Waals surface area contributed by atoms with E-state index in [0.29, 0.717) is 25.3 Å². The molecular formula is C23H38N4O2. The van der Waals surface area contributed by atoms with Crippen LogP contribution < -0.4 is 10.6 Å². The second-order valence-corrected chi connectivity index (χ2v) is 7.94. The maximum Gasteiger partial charge on any atom is 0.191 e. The molecule has 0 amide bonds. The Kier molecular flexibility index (Phi) is 9.25. The van der Waals surface area contributed by atoms with Crippen LogP contribution in [0.2, 0.25) is 0 Å². The number of nitrogens with zero attached hydrogens (tertiary/aromatic N) is 2. The number of likely N-dealkylation sites (N-methyl/N-ethyl adjacent to an activating group) is 1. The van der Waals surface area contributed by atoms with Crippen molar-refractivity contribution in [2.45, 2.75) is 64.8 Å². The Morgan fingerprint density at radius 3 is 2.59 bits per heavy atom. The van der Waals surface area contributed by atoms with Crippen LogP contribution in [0.4, 0.5) is 0 Å². The van der Waals surface area contributed by atoms with Crippen LogP contribution in [0.5, 0.6) is 0 Å². The molecule has 0 radical (unpaired) electrons. The average molecular weight is 403 g/mol. The van der Waals surface area contributed by atoms with Gasteiger partial charge < -0.3 is 20.1 Å². The fraction of sp³-hybridized carbons (Fsp3) is 0.696. The molecular weight excluding hydrogens is 364 g/mol. The molecule has 0 bridgehead atoms. The second kappa shape index (κ2) is 12.2. The first-order chi connectivity index (χ1) is 14.3. The summed E-state index contributed by atoms with van der Waals surface area (Å²) in [5.74, 6) is 0.905. The zero-order valence-electron chi connectivity index (χ0n) is 18.2. The van der Waals surface area contributed by atoms with E-state index >= 15 is 0 Å². The van der Waals surface area contributed by atoms with Crippen LogP contribution in [0.1, 0.15) is 50.7 Å². The lowest BCUT2D eigenvalue weighted by Gasteiger charge is -2.24. The first-order valence-corrected chi connectivity index (χ1v) is 11.3. The molecule has 2 saturated heterocycles. The van der Waals surface area contributed by atoms with E-state index in [1.54, 1.807) is 0 Å². The van der Waals surface area contributed by atoms with Crippen LogP contribution in [-0.4, -0.2) is 62.4 Å². The summed E-state index contributed by atoms with van der Waals surface area (Å²) in [4.78, 5) is 7.33. The molecule has 6 nitrogen and oxygen atoms in total. The van der Waals surface area contributed by atoms with Gasteiger partial charge in [0, 0.05) is 32.3 Å². The highest BCUT2D eigenvalue weighted by molar-refractivity contribution is 5.79. The normalized spacial score (nSPS) is 21.4. The van der Waals surface area contributed by atoms with Crippen molar-refractivity contribution in [3.63, 3.8) is 0 Å². The van der Waals surface area contributed by atoms with Crippen LogP contribution in [-0.2, 0) is 22.6 Å². The van der Waals surface area contributed by atoms with E-state index < -0.39 is 0 Å². The number of ether oxygens (including phenoxy) is 2. The van der Waals surface area contributed by atoms with Gasteiger partial charge >= 0.3 is 0 Å². The van der Waals surface area contributed by atoms with Crippen LogP contribution >= 0.6 is 0 Å². The van der Waals surface area contributed by atoms with Crippen LogP contribution in [0, 0.1) is 0 Å². The summed E-state index contributed by atoms with van der Waals surface area (Å²) in [6, 6.07) is 9.25. The molecule has 1 aromatic rings. The van der Waals surface area contributed by atoms with Gasteiger partial charge in [0.15, 0.2) is 5.96 Å². The van der Waals surface area contributed by atoms with E-state index in [-0.39, 0.29) is 0 Å². The van der Waals surface area contributed by atoms with Gasteiger partial charge in [0.2, 0.25) is 0 Å². The topological polar surface area (TPSA) is 58.1 Å². The predicted molar refractivity (Wildman–Crippen MR) is 118 cm³/mol. The summed E-state index contributed by atoms with van der Waals surface area (Å²) in [6.45, 7) is 11.5. The zero-order chi connectivity index (χ0) is 20.3. The Balaban J connectivity index is 1.45. The number of hydrogen-bond acceptors (Lipinski definition) is 4. The smallest absolute Gasteiger partial charge is 0.191 e. The minimum Gasteiger partial charge on any atom is -0.381 e. The highest BCUT2D eigenvalue weighted by atomic mass is 16.5. The van der Waals surface area contributed by atoms with Gasteiger partial charge in [-0.05, 0) is 56.8 Å². The van der Waals surface area contributed by atoms with Gasteiger partial charge in [0.1, 0.15) is 0 Å². The Bertz CT molecular complexity index is 614. The molecule has 2 heterocycles. The SMILES string of the molecule is CCNC(=NCc1ccc(COC2CCOCC2)cc1)NCC1CCCN1CC. The van der Waals surface area contributed by atoms with Crippen molar-refractivity contribution in [3.05, 3.63) is 35.4 Å². The summed E-state index contributed by atoms with van der Waals surface area (Å²) in [5.41, 5.74) is 2.43. The number of aliphatic imine (C=N–C) groups is 1. The highest BCUT2D eigenvalue weighted by Crippen LogP contribution is 2.16. The van der Waals surface area contributed by atoms with Crippen molar-refractivity contribution < 1.29 is 9.47 Å². The number of rotatable bonds is 9. The van der Waals surface area contributed by atoms with Gasteiger partial charge in [-0.3, -0.25) is 4.90 Å². The van der Waals surface area contributed by atoms with Crippen molar-refractivity contribution in [2.24, 2.45) is 4.99 Å². The van der Waals surface area contributed by atoms with Crippen molar-refractivity contribution in [1.29, 1.82) is 0 Å². The van der Waals surface area contributed by atoms with Crippen LogP contribution in [0.3, 0.4) is 0 Å². The third-order valence-corrected chi connectivity index (χ3v) is 5.85. The molecule has 1 unspecified atom stereocenters. The third-order valence-electron chi connectivity index (χ3n) is 5.85. The predicted octanol–water partition coefficient (Wildman–Crippen LogP) is 2.92. The number of benzene rings is 1. The van der Waals surface area contributed by atoms with E-state index in [9.17, 15) is 0 Å². The summed E-state index contributed by atoms with van der Waals surface area (Å²) < 4.78 is 11.4. The fourth-order valence-corrected chi connectivity index (χ4v) is 4.07. The lowest BCUT2D eigenvalue weighted by atomic mass is 10.1. The molecule has 29 heavy (non-hydrogen) atoms. The average Bonchev–Trinajstić information content (AvgIpc) is 3.23. The van der Waals surface area contributed by atoms with E-state index in [4.69, 9.17) is 14.5 Å². The Hall–Kier alpha value is -1.63. The monoisotopic (exact) mass is 402 g/mol. The van der Waals surface area contributed by atoms with Crippen molar-refractivity contribution >= 4 is 5.96 Å². The van der Waals surface area contributed by atoms with E-state index in [1.165, 1.54) is 30.5 Å². The minimum absolute atomic E-state index is 0.338. The Labute approximate surface area is 176 Å². The second-order valence-electron chi connectivity index (χ2n) is 7.94. The molecule has 0 aromatic heterocycles. The quantitative estimate of drug-likeness (QED) is 0.491. The summed E-state index contributed by atoms with van der Waals surface area (Å²) in [5, 5.41) is 6.90. The van der Waals surface area contributed by atoms with Gasteiger partial charge in [0.25, 0.3) is 0 Å². The lowest BCUT2D eigenvalue weighted by molar-refractivity contribution is -0.0390. The largest absolute Gasteiger partial charge is 0.381 e. The number of hydrogen-bond donors (Lipinski definition) is 2. The van der Waals surface area contributed by atoms with Crippen LogP contribution in [0.25, 0.3) is 0 Å². The number of guanidine groups is 1. The Morgan fingerprint density at radius 2 is 1.86 bits per heavy atom. The highest BCUT2D eigenvalue weighted by Gasteiger charge is 2.22. The molecule has 6 heteroatoms. The molecule has 162 valence electrons. The van der Waals surface area contributed by atoms with E-state index in [0.717, 1.165) is 51.6 Å². The van der Waals surface area contributed by atoms with Crippen molar-refractivity contribution in [3.8, 4) is 0 Å². The van der Waals surface area contributed by atoms with Gasteiger partial charge in [-0.15, -0.1) is 0 Å². The van der Waals surface area contributed by atoms with Crippen LogP contribution in [0.15, 0.2) is 29.3 Å². The maximum absolute atomic E-state index is 6.01. The first kappa shape index (κ1) is 22.1. The molecule has 1 aromatic carbocycles. The van der Waals surface area contributed by atoms with E-state index in [1.807, 2.05) is 0 Å². The molecule has 3 rings (SSSR count). The Morgan fingerprint density at radius 1 is 1.10 bits per heavy atom. The lowest BCUT2D eigenvalue weighted by Crippen LogP contribution is -2.44. The molecule has 1 atom stereocenters. The first-order valence-electron chi connectivity index (χ1n) is 11.3. The van der Waals surface area contributed by atoms with Gasteiger partial charge in [0.05, 0.1) is 19.3 Å². The molecule has 0 saturated carbocycles. The van der Waals surface area contributed by atoms with Gasteiger partial charge in [-0.2, -0.15) is 0 Å². The van der Waals surface area contributed by atoms with Gasteiger partial charge in [-0.1, -0.05) is 31.2 Å². The standard InChI is InChI=1S/C23H38N4O2/c1-3-24-23(26-17-21-6-5-13-27(21)4-2)25-16-19-7-9-20(10-8-19)18-29-22-11-14-28-15-12-22/h7-10,21-22H,3-6,11-18H2,1-2H3,(H2,24,25,26). The maximum atomic E-state index is 6.01.